The lowest BCUT2D eigenvalue weighted by Gasteiger charge is -2.23. The summed E-state index contributed by atoms with van der Waals surface area (Å²) in [6, 6.07) is 11.9. The van der Waals surface area contributed by atoms with Crippen molar-refractivity contribution < 1.29 is 17.9 Å². The Bertz CT molecular complexity index is 822. The third-order valence-corrected chi connectivity index (χ3v) is 5.35. The Morgan fingerprint density at radius 2 is 1.75 bits per heavy atom. The Balaban J connectivity index is 2.48. The normalized spacial score (nSPS) is 11.1. The van der Waals surface area contributed by atoms with Gasteiger partial charge in [-0.25, -0.2) is 8.42 Å². The van der Waals surface area contributed by atoms with Crippen LogP contribution in [0, 0.1) is 0 Å². The molecule has 2 aromatic carbocycles. The first kappa shape index (κ1) is 18.6. The summed E-state index contributed by atoms with van der Waals surface area (Å²) in [5, 5.41) is 0.765. The molecule has 0 aliphatic heterocycles. The molecule has 0 radical (unpaired) electrons. The quantitative estimate of drug-likeness (QED) is 0.707. The molecule has 0 atom stereocenters. The first-order valence-corrected chi connectivity index (χ1v) is 9.23. The monoisotopic (exact) mass is 387 g/mol. The van der Waals surface area contributed by atoms with E-state index in [2.05, 4.69) is 0 Å². The van der Waals surface area contributed by atoms with Crippen molar-refractivity contribution in [1.29, 1.82) is 0 Å². The van der Waals surface area contributed by atoms with Crippen molar-refractivity contribution in [2.75, 3.05) is 17.5 Å². The van der Waals surface area contributed by atoms with Crippen LogP contribution in [0.15, 0.2) is 53.4 Å². The molecule has 5 nitrogen and oxygen atoms in total. The third kappa shape index (κ3) is 4.41. The minimum absolute atomic E-state index is 0.0103. The van der Waals surface area contributed by atoms with Crippen LogP contribution in [0.3, 0.4) is 0 Å². The number of carbonyl (C=O) groups excluding carboxylic acids is 1. The highest BCUT2D eigenvalue weighted by molar-refractivity contribution is 7.92. The number of carbonyl (C=O) groups is 1. The lowest BCUT2D eigenvalue weighted by Crippen LogP contribution is -2.36. The molecule has 0 fully saturated rings. The van der Waals surface area contributed by atoms with Crippen molar-refractivity contribution in [1.82, 2.24) is 0 Å². The maximum absolute atomic E-state index is 12.9. The Morgan fingerprint density at radius 1 is 1.08 bits per heavy atom. The Morgan fingerprint density at radius 3 is 2.33 bits per heavy atom. The molecule has 24 heavy (non-hydrogen) atoms. The van der Waals surface area contributed by atoms with Crippen LogP contribution < -0.4 is 4.31 Å². The van der Waals surface area contributed by atoms with Crippen molar-refractivity contribution in [3.05, 3.63) is 58.6 Å². The zero-order chi connectivity index (χ0) is 17.7. The summed E-state index contributed by atoms with van der Waals surface area (Å²) in [6.45, 7) is 1.34. The van der Waals surface area contributed by atoms with Gasteiger partial charge < -0.3 is 4.74 Å². The third-order valence-electron chi connectivity index (χ3n) is 3.08. The van der Waals surface area contributed by atoms with Gasteiger partial charge in [0.1, 0.15) is 6.54 Å². The molecule has 0 unspecified atom stereocenters. The lowest BCUT2D eigenvalue weighted by atomic mass is 10.3. The van der Waals surface area contributed by atoms with Gasteiger partial charge in [-0.15, -0.1) is 0 Å². The van der Waals surface area contributed by atoms with E-state index in [-0.39, 0.29) is 17.2 Å². The highest BCUT2D eigenvalue weighted by Gasteiger charge is 2.27. The second kappa shape index (κ2) is 7.88. The predicted molar refractivity (Wildman–Crippen MR) is 94.1 cm³/mol. The predicted octanol–water partition coefficient (Wildman–Crippen LogP) is 3.75. The summed E-state index contributed by atoms with van der Waals surface area (Å²) >= 11 is 11.8. The molecule has 0 amide bonds. The van der Waals surface area contributed by atoms with Gasteiger partial charge in [0.15, 0.2) is 0 Å². The summed E-state index contributed by atoms with van der Waals surface area (Å²) in [5.41, 5.74) is 0.269. The highest BCUT2D eigenvalue weighted by atomic mass is 35.5. The summed E-state index contributed by atoms with van der Waals surface area (Å²) in [4.78, 5) is 11.9. The second-order valence-electron chi connectivity index (χ2n) is 4.75. The van der Waals surface area contributed by atoms with E-state index in [1.54, 1.807) is 25.1 Å². The molecule has 2 rings (SSSR count). The fraction of sp³-hybridized carbons (Fsp3) is 0.188. The number of hydrogen-bond donors (Lipinski definition) is 0. The minimum atomic E-state index is -3.99. The van der Waals surface area contributed by atoms with Crippen LogP contribution in [0.4, 0.5) is 5.69 Å². The van der Waals surface area contributed by atoms with Gasteiger partial charge in [0.05, 0.1) is 17.2 Å². The number of nitrogens with zero attached hydrogens (tertiary/aromatic N) is 1. The van der Waals surface area contributed by atoms with E-state index >= 15 is 0 Å². The molecule has 0 N–H and O–H groups in total. The van der Waals surface area contributed by atoms with Crippen molar-refractivity contribution in [2.24, 2.45) is 0 Å². The van der Waals surface area contributed by atoms with Gasteiger partial charge in [0.2, 0.25) is 0 Å². The molecule has 2 aromatic rings. The van der Waals surface area contributed by atoms with Crippen molar-refractivity contribution in [3.63, 3.8) is 0 Å². The SMILES string of the molecule is CCOC(=O)CN(c1cccc(Cl)c1)S(=O)(=O)c1ccc(Cl)cc1. The molecular formula is C16H15Cl2NO4S. The van der Waals surface area contributed by atoms with E-state index in [4.69, 9.17) is 27.9 Å². The number of anilines is 1. The number of hydrogen-bond acceptors (Lipinski definition) is 4. The largest absolute Gasteiger partial charge is 0.465 e. The number of halogens is 2. The summed E-state index contributed by atoms with van der Waals surface area (Å²) in [6.07, 6.45) is 0. The highest BCUT2D eigenvalue weighted by Crippen LogP contribution is 2.26. The van der Waals surface area contributed by atoms with E-state index < -0.39 is 22.5 Å². The molecule has 8 heteroatoms. The number of esters is 1. The maximum Gasteiger partial charge on any atom is 0.326 e. The van der Waals surface area contributed by atoms with Crippen LogP contribution in [0.25, 0.3) is 0 Å². The van der Waals surface area contributed by atoms with Gasteiger partial charge >= 0.3 is 5.97 Å². The number of ether oxygens (including phenoxy) is 1. The molecule has 0 aliphatic rings. The minimum Gasteiger partial charge on any atom is -0.465 e. The lowest BCUT2D eigenvalue weighted by molar-refractivity contribution is -0.141. The number of sulfonamides is 1. The van der Waals surface area contributed by atoms with Crippen LogP contribution in [-0.2, 0) is 19.6 Å². The zero-order valence-corrected chi connectivity index (χ0v) is 15.1. The summed E-state index contributed by atoms with van der Waals surface area (Å²) < 4.78 is 31.7. The second-order valence-corrected chi connectivity index (χ2v) is 7.49. The van der Waals surface area contributed by atoms with Gasteiger partial charge in [-0.1, -0.05) is 29.3 Å². The summed E-state index contributed by atoms with van der Waals surface area (Å²) in [7, 11) is -3.99. The summed E-state index contributed by atoms with van der Waals surface area (Å²) in [5.74, 6) is -0.657. The average molecular weight is 388 g/mol. The van der Waals surface area contributed by atoms with E-state index in [1.807, 2.05) is 0 Å². The smallest absolute Gasteiger partial charge is 0.326 e. The molecule has 0 saturated heterocycles. The van der Waals surface area contributed by atoms with Crippen LogP contribution in [-0.4, -0.2) is 27.5 Å². The zero-order valence-electron chi connectivity index (χ0n) is 12.8. The molecule has 0 heterocycles. The molecule has 0 aromatic heterocycles. The molecular weight excluding hydrogens is 373 g/mol. The van der Waals surface area contributed by atoms with Crippen molar-refractivity contribution >= 4 is 44.9 Å². The standard InChI is InChI=1S/C16H15Cl2NO4S/c1-2-23-16(20)11-19(14-5-3-4-13(18)10-14)24(21,22)15-8-6-12(17)7-9-15/h3-10H,2,11H2,1H3. The van der Waals surface area contributed by atoms with E-state index in [1.165, 1.54) is 30.3 Å². The van der Waals surface area contributed by atoms with Crippen LogP contribution >= 0.6 is 23.2 Å². The van der Waals surface area contributed by atoms with Gasteiger partial charge in [-0.05, 0) is 49.4 Å². The molecule has 0 saturated carbocycles. The topological polar surface area (TPSA) is 63.7 Å². The van der Waals surface area contributed by atoms with Crippen molar-refractivity contribution in [2.45, 2.75) is 11.8 Å². The first-order valence-electron chi connectivity index (χ1n) is 7.04. The molecule has 0 bridgehead atoms. The Kier molecular flexibility index (Phi) is 6.10. The van der Waals surface area contributed by atoms with Crippen molar-refractivity contribution in [3.8, 4) is 0 Å². The van der Waals surface area contributed by atoms with Crippen LogP contribution in [0.1, 0.15) is 6.92 Å². The first-order chi connectivity index (χ1) is 11.3. The average Bonchev–Trinajstić information content (AvgIpc) is 2.53. The van der Waals surface area contributed by atoms with Crippen LogP contribution in [0.2, 0.25) is 10.0 Å². The number of benzene rings is 2. The van der Waals surface area contributed by atoms with Gasteiger partial charge in [0.25, 0.3) is 10.0 Å². The van der Waals surface area contributed by atoms with Gasteiger partial charge in [0, 0.05) is 10.0 Å². The fourth-order valence-corrected chi connectivity index (χ4v) is 3.72. The van der Waals surface area contributed by atoms with Crippen LogP contribution in [0.5, 0.6) is 0 Å². The van der Waals surface area contributed by atoms with E-state index in [0.29, 0.717) is 10.0 Å². The Hall–Kier alpha value is -1.76. The molecule has 0 spiro atoms. The van der Waals surface area contributed by atoms with E-state index in [0.717, 1.165) is 4.31 Å². The van der Waals surface area contributed by atoms with E-state index in [9.17, 15) is 13.2 Å². The number of rotatable bonds is 6. The van der Waals surface area contributed by atoms with Gasteiger partial charge in [-0.2, -0.15) is 0 Å². The maximum atomic E-state index is 12.9. The fourth-order valence-electron chi connectivity index (χ4n) is 2.00. The Labute approximate surface area is 150 Å². The molecule has 128 valence electrons. The van der Waals surface area contributed by atoms with Gasteiger partial charge in [-0.3, -0.25) is 9.10 Å². The molecule has 0 aliphatic carbocycles.